The van der Waals surface area contributed by atoms with Crippen LogP contribution in [-0.4, -0.2) is 53.7 Å². The van der Waals surface area contributed by atoms with Crippen molar-refractivity contribution in [2.45, 2.75) is 54.3 Å². The van der Waals surface area contributed by atoms with Crippen LogP contribution in [0.5, 0.6) is 0 Å². The van der Waals surface area contributed by atoms with Crippen molar-refractivity contribution >= 4 is 49.8 Å². The first-order valence-electron chi connectivity index (χ1n) is 10.1. The van der Waals surface area contributed by atoms with Crippen LogP contribution in [0.25, 0.3) is 0 Å². The predicted molar refractivity (Wildman–Crippen MR) is 120 cm³/mol. The number of anilines is 2. The van der Waals surface area contributed by atoms with E-state index >= 15 is 0 Å². The molecule has 1 aliphatic heterocycles. The summed E-state index contributed by atoms with van der Waals surface area (Å²) in [4.78, 5) is 12.7. The number of carbonyl (C=O) groups is 1. The number of amides is 1. The number of piperidine rings is 1. The highest BCUT2D eigenvalue weighted by molar-refractivity contribution is 8.01. The molecule has 162 valence electrons. The van der Waals surface area contributed by atoms with E-state index in [9.17, 15) is 13.2 Å². The van der Waals surface area contributed by atoms with Gasteiger partial charge in [-0.05, 0) is 50.3 Å². The number of carbonyl (C=O) groups excluding carboxylic acids is 1. The van der Waals surface area contributed by atoms with Crippen molar-refractivity contribution in [1.29, 1.82) is 0 Å². The zero-order chi connectivity index (χ0) is 21.1. The molecule has 0 bridgehead atoms. The Kier molecular flexibility index (Phi) is 6.61. The van der Waals surface area contributed by atoms with Gasteiger partial charge in [0, 0.05) is 24.8 Å². The minimum atomic E-state index is -3.54. The maximum absolute atomic E-state index is 12.9. The molecule has 1 amide bonds. The standard InChI is InChI=1S/C19H25N5O3S3/c1-13-5-8-15(30(26,27)24-9-3-2-4-10-24)11-16(13)21-17(25)12-28-19-23-22-18(29-19)20-14-6-7-14/h5,8,11,14H,2-4,6-7,9-10,12H2,1H3,(H,20,22)(H,21,25). The van der Waals surface area contributed by atoms with E-state index in [0.717, 1.165) is 47.1 Å². The van der Waals surface area contributed by atoms with Crippen molar-refractivity contribution in [2.24, 2.45) is 0 Å². The minimum Gasteiger partial charge on any atom is -0.357 e. The van der Waals surface area contributed by atoms with Gasteiger partial charge in [-0.1, -0.05) is 35.6 Å². The molecule has 0 spiro atoms. The second-order valence-corrected chi connectivity index (χ2v) is 11.7. The monoisotopic (exact) mass is 467 g/mol. The molecule has 8 nitrogen and oxygen atoms in total. The van der Waals surface area contributed by atoms with E-state index in [1.165, 1.54) is 27.4 Å². The fourth-order valence-corrected chi connectivity index (χ4v) is 6.37. The Morgan fingerprint density at radius 3 is 2.73 bits per heavy atom. The molecule has 30 heavy (non-hydrogen) atoms. The fraction of sp³-hybridized carbons (Fsp3) is 0.526. The zero-order valence-electron chi connectivity index (χ0n) is 16.8. The smallest absolute Gasteiger partial charge is 0.243 e. The molecule has 2 aromatic rings. The van der Waals surface area contributed by atoms with E-state index < -0.39 is 10.0 Å². The number of rotatable bonds is 8. The molecular formula is C19H25N5O3S3. The van der Waals surface area contributed by atoms with Gasteiger partial charge in [0.15, 0.2) is 4.34 Å². The number of thioether (sulfide) groups is 1. The molecule has 11 heteroatoms. The Bertz CT molecular complexity index is 1010. The maximum atomic E-state index is 12.9. The zero-order valence-corrected chi connectivity index (χ0v) is 19.2. The van der Waals surface area contributed by atoms with Crippen LogP contribution in [0.2, 0.25) is 0 Å². The molecule has 1 aromatic carbocycles. The van der Waals surface area contributed by atoms with Crippen molar-refractivity contribution in [3.63, 3.8) is 0 Å². The van der Waals surface area contributed by atoms with Gasteiger partial charge in [0.2, 0.25) is 21.1 Å². The number of benzene rings is 1. The number of hydrogen-bond donors (Lipinski definition) is 2. The summed E-state index contributed by atoms with van der Waals surface area (Å²) in [6, 6.07) is 5.42. The van der Waals surface area contributed by atoms with E-state index in [4.69, 9.17) is 0 Å². The molecule has 1 saturated heterocycles. The van der Waals surface area contributed by atoms with Gasteiger partial charge in [0.05, 0.1) is 10.6 Å². The van der Waals surface area contributed by atoms with Crippen LogP contribution in [-0.2, 0) is 14.8 Å². The first-order chi connectivity index (χ1) is 14.4. The van der Waals surface area contributed by atoms with Crippen molar-refractivity contribution in [3.8, 4) is 0 Å². The van der Waals surface area contributed by atoms with Crippen LogP contribution in [0.15, 0.2) is 27.4 Å². The Labute approximate surface area is 184 Å². The Morgan fingerprint density at radius 1 is 1.23 bits per heavy atom. The molecule has 1 aliphatic carbocycles. The summed E-state index contributed by atoms with van der Waals surface area (Å²) in [5, 5.41) is 15.1. The quantitative estimate of drug-likeness (QED) is 0.574. The van der Waals surface area contributed by atoms with Gasteiger partial charge in [-0.3, -0.25) is 4.79 Å². The van der Waals surface area contributed by atoms with Gasteiger partial charge < -0.3 is 10.6 Å². The minimum absolute atomic E-state index is 0.181. The molecule has 2 aliphatic rings. The third-order valence-corrected chi connectivity index (χ3v) is 8.96. The highest BCUT2D eigenvalue weighted by atomic mass is 32.2. The van der Waals surface area contributed by atoms with E-state index in [0.29, 0.717) is 24.8 Å². The van der Waals surface area contributed by atoms with E-state index in [1.807, 2.05) is 6.92 Å². The third kappa shape index (κ3) is 5.32. The lowest BCUT2D eigenvalue weighted by Gasteiger charge is -2.26. The van der Waals surface area contributed by atoms with Crippen molar-refractivity contribution in [2.75, 3.05) is 29.5 Å². The van der Waals surface area contributed by atoms with Gasteiger partial charge >= 0.3 is 0 Å². The molecule has 1 aromatic heterocycles. The molecule has 4 rings (SSSR count). The lowest BCUT2D eigenvalue weighted by molar-refractivity contribution is -0.113. The number of aryl methyl sites for hydroxylation is 1. The molecule has 2 heterocycles. The number of aromatic nitrogens is 2. The van der Waals surface area contributed by atoms with Gasteiger partial charge in [-0.25, -0.2) is 8.42 Å². The molecular weight excluding hydrogens is 442 g/mol. The number of sulfonamides is 1. The highest BCUT2D eigenvalue weighted by Gasteiger charge is 2.26. The van der Waals surface area contributed by atoms with Crippen LogP contribution in [0.3, 0.4) is 0 Å². The Hall–Kier alpha value is -1.69. The normalized spacial score (nSPS) is 17.6. The first-order valence-corrected chi connectivity index (χ1v) is 13.3. The number of nitrogens with zero attached hydrogens (tertiary/aromatic N) is 3. The molecule has 2 N–H and O–H groups in total. The van der Waals surface area contributed by atoms with Crippen LogP contribution in [0, 0.1) is 6.92 Å². The molecule has 0 radical (unpaired) electrons. The SMILES string of the molecule is Cc1ccc(S(=O)(=O)N2CCCCC2)cc1NC(=O)CSc1nnc(NC2CC2)s1. The largest absolute Gasteiger partial charge is 0.357 e. The second-order valence-electron chi connectivity index (χ2n) is 7.57. The second kappa shape index (κ2) is 9.21. The molecule has 1 saturated carbocycles. The van der Waals surface area contributed by atoms with Crippen LogP contribution >= 0.6 is 23.1 Å². The van der Waals surface area contributed by atoms with Gasteiger partial charge in [0.1, 0.15) is 0 Å². The van der Waals surface area contributed by atoms with E-state index in [1.54, 1.807) is 18.2 Å². The average Bonchev–Trinajstić information content (AvgIpc) is 3.44. The van der Waals surface area contributed by atoms with Gasteiger partial charge in [-0.2, -0.15) is 4.31 Å². The van der Waals surface area contributed by atoms with Crippen LogP contribution < -0.4 is 10.6 Å². The van der Waals surface area contributed by atoms with Crippen LogP contribution in [0.1, 0.15) is 37.7 Å². The van der Waals surface area contributed by atoms with Gasteiger partial charge in [0.25, 0.3) is 0 Å². The highest BCUT2D eigenvalue weighted by Crippen LogP contribution is 2.30. The van der Waals surface area contributed by atoms with Crippen LogP contribution in [0.4, 0.5) is 10.8 Å². The maximum Gasteiger partial charge on any atom is 0.243 e. The molecule has 0 atom stereocenters. The summed E-state index contributed by atoms with van der Waals surface area (Å²) in [6.45, 7) is 2.95. The lowest BCUT2D eigenvalue weighted by Crippen LogP contribution is -2.35. The van der Waals surface area contributed by atoms with Crippen molar-refractivity contribution < 1.29 is 13.2 Å². The molecule has 0 unspecified atom stereocenters. The summed E-state index contributed by atoms with van der Waals surface area (Å²) in [6.07, 6.45) is 5.16. The Balaban J connectivity index is 1.37. The average molecular weight is 468 g/mol. The summed E-state index contributed by atoms with van der Waals surface area (Å²) < 4.78 is 28.1. The topological polar surface area (TPSA) is 104 Å². The number of hydrogen-bond acceptors (Lipinski definition) is 8. The fourth-order valence-electron chi connectivity index (χ4n) is 3.19. The third-order valence-electron chi connectivity index (χ3n) is 5.07. The Morgan fingerprint density at radius 2 is 2.00 bits per heavy atom. The lowest BCUT2D eigenvalue weighted by atomic mass is 10.2. The van der Waals surface area contributed by atoms with Crippen molar-refractivity contribution in [1.82, 2.24) is 14.5 Å². The van der Waals surface area contributed by atoms with E-state index in [2.05, 4.69) is 20.8 Å². The number of nitrogens with one attached hydrogen (secondary N) is 2. The first kappa shape index (κ1) is 21.5. The summed E-state index contributed by atoms with van der Waals surface area (Å²) in [5.74, 6) is -0.0248. The van der Waals surface area contributed by atoms with Crippen molar-refractivity contribution in [3.05, 3.63) is 23.8 Å². The van der Waals surface area contributed by atoms with E-state index in [-0.39, 0.29) is 16.6 Å². The van der Waals surface area contributed by atoms with Gasteiger partial charge in [-0.15, -0.1) is 10.2 Å². The predicted octanol–water partition coefficient (Wildman–Crippen LogP) is 3.33. The molecule has 2 fully saturated rings. The summed E-state index contributed by atoms with van der Waals surface area (Å²) >= 11 is 2.76. The summed E-state index contributed by atoms with van der Waals surface area (Å²) in [5.41, 5.74) is 1.34. The summed E-state index contributed by atoms with van der Waals surface area (Å²) in [7, 11) is -3.54.